The number of H-pyrrole nitrogens is 1. The normalized spacial score (nSPS) is 14.9. The van der Waals surface area contributed by atoms with Gasteiger partial charge in [0.2, 0.25) is 11.7 Å². The van der Waals surface area contributed by atoms with Crippen molar-refractivity contribution in [2.24, 2.45) is 0 Å². The molecule has 4 rings (SSSR count). The van der Waals surface area contributed by atoms with Gasteiger partial charge in [0.1, 0.15) is 5.65 Å². The summed E-state index contributed by atoms with van der Waals surface area (Å²) >= 11 is 0. The van der Waals surface area contributed by atoms with E-state index in [-0.39, 0.29) is 18.2 Å². The minimum absolute atomic E-state index is 0.00542. The lowest BCUT2D eigenvalue weighted by atomic mass is 10.1. The molecule has 0 amide bonds. The van der Waals surface area contributed by atoms with Crippen molar-refractivity contribution in [3.05, 3.63) is 71.1 Å². The molecular weight excluding hydrogens is 400 g/mol. The van der Waals surface area contributed by atoms with E-state index in [0.717, 1.165) is 16.6 Å². The van der Waals surface area contributed by atoms with Crippen molar-refractivity contribution in [3.8, 4) is 0 Å². The van der Waals surface area contributed by atoms with Crippen LogP contribution in [0.2, 0.25) is 0 Å². The van der Waals surface area contributed by atoms with Crippen LogP contribution in [0.1, 0.15) is 11.1 Å². The summed E-state index contributed by atoms with van der Waals surface area (Å²) < 4.78 is 5.64. The highest BCUT2D eigenvalue weighted by molar-refractivity contribution is 6.26. The van der Waals surface area contributed by atoms with Crippen LogP contribution in [0.4, 0.5) is 11.4 Å². The number of carbonyl (C=O) groups is 2. The number of nitrogens with one attached hydrogen (secondary N) is 3. The zero-order chi connectivity index (χ0) is 22.0. The van der Waals surface area contributed by atoms with Crippen LogP contribution in [0.15, 0.2) is 59.9 Å². The van der Waals surface area contributed by atoms with Gasteiger partial charge in [0, 0.05) is 41.3 Å². The minimum Gasteiger partial charge on any atom is -0.477 e. The predicted molar refractivity (Wildman–Crippen MR) is 115 cm³/mol. The van der Waals surface area contributed by atoms with Crippen LogP contribution in [0.5, 0.6) is 0 Å². The van der Waals surface area contributed by atoms with Crippen LogP contribution in [-0.2, 0) is 14.3 Å². The van der Waals surface area contributed by atoms with E-state index in [0.29, 0.717) is 23.4 Å². The Balaban J connectivity index is 1.63. The smallest absolute Gasteiger partial charge is 0.345 e. The molecule has 0 fully saturated rings. The van der Waals surface area contributed by atoms with Gasteiger partial charge < -0.3 is 30.6 Å². The second kappa shape index (κ2) is 8.33. The number of hydrogen-bond acceptors (Lipinski definition) is 7. The number of carboxylic acids is 1. The third-order valence-corrected chi connectivity index (χ3v) is 4.79. The van der Waals surface area contributed by atoms with Crippen LogP contribution in [-0.4, -0.2) is 45.1 Å². The Bertz CT molecular complexity index is 1240. The molecule has 0 unspecified atom stereocenters. The lowest BCUT2D eigenvalue weighted by Gasteiger charge is -2.13. The number of aromatic nitrogens is 2. The van der Waals surface area contributed by atoms with E-state index in [4.69, 9.17) is 9.84 Å². The summed E-state index contributed by atoms with van der Waals surface area (Å²) in [5, 5.41) is 25.3. The number of aliphatic hydroxyl groups is 1. The first-order valence-electron chi connectivity index (χ1n) is 9.54. The number of Topliss-reactive ketones (excluding diaryl/α,β-unsaturated/α-hetero) is 1. The van der Waals surface area contributed by atoms with Crippen molar-refractivity contribution in [1.29, 1.82) is 0 Å². The summed E-state index contributed by atoms with van der Waals surface area (Å²) in [6, 6.07) is 8.96. The quantitative estimate of drug-likeness (QED) is 0.291. The minimum atomic E-state index is -1.38. The van der Waals surface area contributed by atoms with E-state index in [1.807, 2.05) is 19.1 Å². The average Bonchev–Trinajstić information content (AvgIpc) is 3.29. The van der Waals surface area contributed by atoms with Gasteiger partial charge in [-0.15, -0.1) is 0 Å². The number of allylic oxidation sites excluding steroid dienone is 1. The fourth-order valence-corrected chi connectivity index (χ4v) is 3.29. The maximum atomic E-state index is 12.7. The van der Waals surface area contributed by atoms with E-state index < -0.39 is 17.3 Å². The number of fused-ring (bicyclic) bond motifs is 1. The zero-order valence-electron chi connectivity index (χ0n) is 16.6. The Morgan fingerprint density at radius 3 is 2.90 bits per heavy atom. The molecule has 0 saturated carbocycles. The number of aliphatic carboxylic acids is 1. The van der Waals surface area contributed by atoms with Crippen LogP contribution in [0.25, 0.3) is 17.1 Å². The van der Waals surface area contributed by atoms with Crippen LogP contribution >= 0.6 is 0 Å². The third-order valence-electron chi connectivity index (χ3n) is 4.79. The summed E-state index contributed by atoms with van der Waals surface area (Å²) in [6.07, 6.45) is 4.82. The van der Waals surface area contributed by atoms with Gasteiger partial charge in [-0.2, -0.15) is 0 Å². The molecule has 3 heterocycles. The number of carbonyl (C=O) groups excluding carboxylic acids is 1. The van der Waals surface area contributed by atoms with Crippen molar-refractivity contribution in [2.75, 3.05) is 23.8 Å². The number of aryl methyl sites for hydroxylation is 1. The van der Waals surface area contributed by atoms with Crippen molar-refractivity contribution >= 4 is 40.2 Å². The molecule has 0 aliphatic carbocycles. The molecule has 0 spiro atoms. The van der Waals surface area contributed by atoms with Gasteiger partial charge in [0.15, 0.2) is 11.3 Å². The SMILES string of the molecule is Cc1cc(NCCO)ccc1NC1=C(C(=O)O)C(=O)/C(=C/c2c[nH]c3ncccc23)O1. The van der Waals surface area contributed by atoms with Gasteiger partial charge in [-0.25, -0.2) is 9.78 Å². The van der Waals surface area contributed by atoms with Crippen molar-refractivity contribution in [1.82, 2.24) is 9.97 Å². The molecule has 2 aromatic heterocycles. The summed E-state index contributed by atoms with van der Waals surface area (Å²) in [7, 11) is 0. The van der Waals surface area contributed by atoms with Crippen LogP contribution < -0.4 is 10.6 Å². The Morgan fingerprint density at radius 1 is 1.32 bits per heavy atom. The van der Waals surface area contributed by atoms with E-state index >= 15 is 0 Å². The Kier molecular flexibility index (Phi) is 5.42. The molecule has 9 heteroatoms. The van der Waals surface area contributed by atoms with Crippen molar-refractivity contribution in [2.45, 2.75) is 6.92 Å². The topological polar surface area (TPSA) is 137 Å². The highest BCUT2D eigenvalue weighted by atomic mass is 16.5. The van der Waals surface area contributed by atoms with E-state index in [2.05, 4.69) is 20.6 Å². The molecule has 0 radical (unpaired) electrons. The summed E-state index contributed by atoms with van der Waals surface area (Å²) in [6.45, 7) is 2.25. The number of ether oxygens (including phenoxy) is 1. The first-order chi connectivity index (χ1) is 15.0. The van der Waals surface area contributed by atoms with E-state index in [1.165, 1.54) is 6.08 Å². The molecule has 0 bridgehead atoms. The molecule has 1 aliphatic heterocycles. The number of anilines is 2. The van der Waals surface area contributed by atoms with Gasteiger partial charge in [-0.3, -0.25) is 4.79 Å². The molecule has 31 heavy (non-hydrogen) atoms. The monoisotopic (exact) mass is 420 g/mol. The fourth-order valence-electron chi connectivity index (χ4n) is 3.29. The average molecular weight is 420 g/mol. The maximum absolute atomic E-state index is 12.7. The van der Waals surface area contributed by atoms with Gasteiger partial charge in [-0.05, 0) is 48.9 Å². The lowest BCUT2D eigenvalue weighted by molar-refractivity contribution is -0.134. The second-order valence-corrected chi connectivity index (χ2v) is 6.90. The van der Waals surface area contributed by atoms with Gasteiger partial charge in [0.05, 0.1) is 6.61 Å². The van der Waals surface area contributed by atoms with Crippen molar-refractivity contribution in [3.63, 3.8) is 0 Å². The fraction of sp³-hybridized carbons (Fsp3) is 0.136. The number of benzene rings is 1. The molecule has 3 aromatic rings. The number of aliphatic hydroxyl groups excluding tert-OH is 1. The van der Waals surface area contributed by atoms with Crippen LogP contribution in [0, 0.1) is 6.92 Å². The molecule has 5 N–H and O–H groups in total. The molecule has 9 nitrogen and oxygen atoms in total. The van der Waals surface area contributed by atoms with Gasteiger partial charge >= 0.3 is 5.97 Å². The highest BCUT2D eigenvalue weighted by Crippen LogP contribution is 2.31. The molecule has 0 saturated heterocycles. The third kappa shape index (κ3) is 3.99. The van der Waals surface area contributed by atoms with Gasteiger partial charge in [-0.1, -0.05) is 0 Å². The standard InChI is InChI=1S/C22H20N4O5/c1-12-9-14(23-7-8-27)4-5-16(12)26-21-18(22(29)30)19(28)17(31-21)10-13-11-25-20-15(13)3-2-6-24-20/h2-6,9-11,23,26-27H,7-8H2,1H3,(H,24,25)(H,29,30)/b17-10-. The largest absolute Gasteiger partial charge is 0.477 e. The maximum Gasteiger partial charge on any atom is 0.345 e. The Morgan fingerprint density at radius 2 is 2.16 bits per heavy atom. The molecule has 1 aliphatic rings. The predicted octanol–water partition coefficient (Wildman–Crippen LogP) is 2.62. The molecule has 0 atom stereocenters. The summed E-state index contributed by atoms with van der Waals surface area (Å²) in [5.74, 6) is -2.33. The number of rotatable bonds is 7. The number of carboxylic acid groups (broad SMARTS) is 1. The van der Waals surface area contributed by atoms with Gasteiger partial charge in [0.25, 0.3) is 0 Å². The number of nitrogens with zero attached hydrogens (tertiary/aromatic N) is 1. The molecule has 158 valence electrons. The molecular formula is C22H20N4O5. The highest BCUT2D eigenvalue weighted by Gasteiger charge is 2.36. The second-order valence-electron chi connectivity index (χ2n) is 6.90. The number of hydrogen-bond donors (Lipinski definition) is 5. The van der Waals surface area contributed by atoms with E-state index in [9.17, 15) is 14.7 Å². The summed E-state index contributed by atoms with van der Waals surface area (Å²) in [5.41, 5.74) is 3.04. The molecule has 1 aromatic carbocycles. The van der Waals surface area contributed by atoms with E-state index in [1.54, 1.807) is 30.6 Å². The van der Waals surface area contributed by atoms with Crippen LogP contribution in [0.3, 0.4) is 0 Å². The summed E-state index contributed by atoms with van der Waals surface area (Å²) in [4.78, 5) is 31.7. The Labute approximate surface area is 177 Å². The van der Waals surface area contributed by atoms with Crippen molar-refractivity contribution < 1.29 is 24.5 Å². The first-order valence-corrected chi connectivity index (χ1v) is 9.54. The lowest BCUT2D eigenvalue weighted by Crippen LogP contribution is -2.12. The first kappa shape index (κ1) is 20.2. The number of pyridine rings is 1. The number of ketones is 1. The number of aromatic amines is 1. The zero-order valence-corrected chi connectivity index (χ0v) is 16.6. The Hall–Kier alpha value is -4.11.